The molecule has 110 valence electrons. The molecule has 0 aliphatic rings. The average molecular weight is 310 g/mol. The largest absolute Gasteiger partial charge is 0.484 e. The first-order chi connectivity index (χ1) is 9.94. The first kappa shape index (κ1) is 15.2. The Kier molecular flexibility index (Phi) is 4.70. The lowest BCUT2D eigenvalue weighted by Crippen LogP contribution is -2.21. The molecule has 0 saturated carbocycles. The molecule has 2 rings (SSSR count). The van der Waals surface area contributed by atoms with Gasteiger partial charge < -0.3 is 4.74 Å². The van der Waals surface area contributed by atoms with Crippen LogP contribution in [0.25, 0.3) is 0 Å². The minimum Gasteiger partial charge on any atom is -0.484 e. The van der Waals surface area contributed by atoms with Crippen LogP contribution in [0.15, 0.2) is 24.3 Å². The molecule has 1 N–H and O–H groups in total. The molecule has 1 aromatic carbocycles. The summed E-state index contributed by atoms with van der Waals surface area (Å²) in [6.45, 7) is 3.36. The van der Waals surface area contributed by atoms with Gasteiger partial charge in [0, 0.05) is 17.5 Å². The summed E-state index contributed by atoms with van der Waals surface area (Å²) in [7, 11) is 0. The van der Waals surface area contributed by atoms with Crippen molar-refractivity contribution in [1.29, 1.82) is 0 Å². The van der Waals surface area contributed by atoms with Crippen molar-refractivity contribution in [2.45, 2.75) is 13.8 Å². The number of amides is 1. The Morgan fingerprint density at radius 3 is 2.57 bits per heavy atom. The first-order valence-electron chi connectivity index (χ1n) is 6.14. The second kappa shape index (κ2) is 6.49. The lowest BCUT2D eigenvalue weighted by atomic mass is 10.3. The molecule has 2 aromatic rings. The van der Waals surface area contributed by atoms with Crippen molar-refractivity contribution in [3.05, 3.63) is 46.5 Å². The van der Waals surface area contributed by atoms with E-state index in [1.54, 1.807) is 19.9 Å². The van der Waals surface area contributed by atoms with Crippen molar-refractivity contribution in [1.82, 2.24) is 9.97 Å². The van der Waals surface area contributed by atoms with Gasteiger partial charge in [-0.15, -0.1) is 0 Å². The molecule has 5 nitrogen and oxygen atoms in total. The third-order valence-corrected chi connectivity index (χ3v) is 2.78. The Labute approximate surface area is 126 Å². The molecule has 7 heteroatoms. The molecule has 21 heavy (non-hydrogen) atoms. The van der Waals surface area contributed by atoms with E-state index in [0.29, 0.717) is 5.75 Å². The van der Waals surface area contributed by atoms with Crippen LogP contribution in [0.4, 0.5) is 10.3 Å². The normalized spacial score (nSPS) is 10.3. The van der Waals surface area contributed by atoms with Crippen LogP contribution in [0.5, 0.6) is 5.75 Å². The smallest absolute Gasteiger partial charge is 0.264 e. The molecule has 0 saturated heterocycles. The summed E-state index contributed by atoms with van der Waals surface area (Å²) in [5.41, 5.74) is 1.51. The van der Waals surface area contributed by atoms with Gasteiger partial charge in [0.05, 0.1) is 5.02 Å². The van der Waals surface area contributed by atoms with Crippen LogP contribution in [-0.4, -0.2) is 22.5 Å². The van der Waals surface area contributed by atoms with Gasteiger partial charge in [-0.1, -0.05) is 11.6 Å². The second-order valence-corrected chi connectivity index (χ2v) is 4.79. The number of benzene rings is 1. The lowest BCUT2D eigenvalue weighted by Gasteiger charge is -2.08. The minimum absolute atomic E-state index is 0.0643. The Morgan fingerprint density at radius 1 is 1.29 bits per heavy atom. The maximum atomic E-state index is 13.0. The van der Waals surface area contributed by atoms with Gasteiger partial charge >= 0.3 is 0 Å². The van der Waals surface area contributed by atoms with Crippen molar-refractivity contribution >= 4 is 23.5 Å². The molecular weight excluding hydrogens is 297 g/mol. The standard InChI is InChI=1S/C14H13ClFN3O2/c1-8-5-9(2)18-14(17-8)19-13(20)7-21-10-3-4-12(16)11(15)6-10/h3-6H,7H2,1-2H3,(H,17,18,19,20). The van der Waals surface area contributed by atoms with Gasteiger partial charge in [-0.3, -0.25) is 10.1 Å². The third kappa shape index (κ3) is 4.39. The number of aromatic nitrogens is 2. The van der Waals surface area contributed by atoms with E-state index in [0.717, 1.165) is 11.4 Å². The zero-order valence-corrected chi connectivity index (χ0v) is 12.2. The van der Waals surface area contributed by atoms with Crippen molar-refractivity contribution < 1.29 is 13.9 Å². The fourth-order valence-electron chi connectivity index (χ4n) is 1.66. The Bertz CT molecular complexity index is 659. The Morgan fingerprint density at radius 2 is 1.95 bits per heavy atom. The number of hydrogen-bond donors (Lipinski definition) is 1. The highest BCUT2D eigenvalue weighted by molar-refractivity contribution is 6.30. The van der Waals surface area contributed by atoms with E-state index in [2.05, 4.69) is 15.3 Å². The molecule has 0 bridgehead atoms. The van der Waals surface area contributed by atoms with Crippen LogP contribution in [0.3, 0.4) is 0 Å². The van der Waals surface area contributed by atoms with Gasteiger partial charge in [0.15, 0.2) is 6.61 Å². The van der Waals surface area contributed by atoms with Crippen molar-refractivity contribution in [2.24, 2.45) is 0 Å². The number of nitrogens with zero attached hydrogens (tertiary/aromatic N) is 2. The van der Waals surface area contributed by atoms with Gasteiger partial charge in [-0.25, -0.2) is 14.4 Å². The minimum atomic E-state index is -0.544. The van der Waals surface area contributed by atoms with Crippen LogP contribution >= 0.6 is 11.6 Å². The number of anilines is 1. The fourth-order valence-corrected chi connectivity index (χ4v) is 1.83. The molecule has 0 radical (unpaired) electrons. The molecule has 0 spiro atoms. The van der Waals surface area contributed by atoms with Crippen LogP contribution < -0.4 is 10.1 Å². The highest BCUT2D eigenvalue weighted by atomic mass is 35.5. The summed E-state index contributed by atoms with van der Waals surface area (Å²) in [6, 6.07) is 5.66. The molecule has 0 unspecified atom stereocenters. The number of ether oxygens (including phenoxy) is 1. The van der Waals surface area contributed by atoms with Crippen LogP contribution in [-0.2, 0) is 4.79 Å². The fraction of sp³-hybridized carbons (Fsp3) is 0.214. The maximum absolute atomic E-state index is 13.0. The maximum Gasteiger partial charge on any atom is 0.264 e. The molecule has 0 aliphatic heterocycles. The number of nitrogens with one attached hydrogen (secondary N) is 1. The zero-order chi connectivity index (χ0) is 15.4. The average Bonchev–Trinajstić information content (AvgIpc) is 2.39. The molecule has 1 amide bonds. The van der Waals surface area contributed by atoms with Gasteiger partial charge in [-0.2, -0.15) is 0 Å². The quantitative estimate of drug-likeness (QED) is 0.943. The molecule has 1 heterocycles. The van der Waals surface area contributed by atoms with Gasteiger partial charge in [-0.05, 0) is 32.0 Å². The SMILES string of the molecule is Cc1cc(C)nc(NC(=O)COc2ccc(F)c(Cl)c2)n1. The highest BCUT2D eigenvalue weighted by Crippen LogP contribution is 2.20. The molecule has 0 fully saturated rings. The highest BCUT2D eigenvalue weighted by Gasteiger charge is 2.08. The summed E-state index contributed by atoms with van der Waals surface area (Å²) < 4.78 is 18.2. The van der Waals surface area contributed by atoms with E-state index in [9.17, 15) is 9.18 Å². The van der Waals surface area contributed by atoms with E-state index in [4.69, 9.17) is 16.3 Å². The van der Waals surface area contributed by atoms with E-state index in [-0.39, 0.29) is 17.6 Å². The van der Waals surface area contributed by atoms with Crippen LogP contribution in [0, 0.1) is 19.7 Å². The monoisotopic (exact) mass is 309 g/mol. The third-order valence-electron chi connectivity index (χ3n) is 2.49. The predicted molar refractivity (Wildman–Crippen MR) is 77.0 cm³/mol. The molecule has 1 aromatic heterocycles. The summed E-state index contributed by atoms with van der Waals surface area (Å²) in [6.07, 6.45) is 0. The van der Waals surface area contributed by atoms with E-state index < -0.39 is 11.7 Å². The zero-order valence-electron chi connectivity index (χ0n) is 11.5. The number of carbonyl (C=O) groups excluding carboxylic acids is 1. The number of hydrogen-bond acceptors (Lipinski definition) is 4. The van der Waals surface area contributed by atoms with Gasteiger partial charge in [0.1, 0.15) is 11.6 Å². The van der Waals surface area contributed by atoms with Crippen molar-refractivity contribution in [2.75, 3.05) is 11.9 Å². The Balaban J connectivity index is 1.94. The number of halogens is 2. The summed E-state index contributed by atoms with van der Waals surface area (Å²) >= 11 is 5.62. The van der Waals surface area contributed by atoms with Crippen LogP contribution in [0.2, 0.25) is 5.02 Å². The Hall–Kier alpha value is -2.21. The van der Waals surface area contributed by atoms with E-state index in [1.165, 1.54) is 18.2 Å². The second-order valence-electron chi connectivity index (χ2n) is 4.39. The van der Waals surface area contributed by atoms with Crippen LogP contribution in [0.1, 0.15) is 11.4 Å². The summed E-state index contributed by atoms with van der Waals surface area (Å²) in [5.74, 6) is -0.436. The number of aryl methyl sites for hydroxylation is 2. The van der Waals surface area contributed by atoms with Crippen molar-refractivity contribution in [3.8, 4) is 5.75 Å². The first-order valence-corrected chi connectivity index (χ1v) is 6.52. The topological polar surface area (TPSA) is 64.1 Å². The van der Waals surface area contributed by atoms with Gasteiger partial charge in [0.2, 0.25) is 5.95 Å². The molecular formula is C14H13ClFN3O2. The van der Waals surface area contributed by atoms with E-state index >= 15 is 0 Å². The molecule has 0 aliphatic carbocycles. The summed E-state index contributed by atoms with van der Waals surface area (Å²) in [4.78, 5) is 19.9. The number of carbonyl (C=O) groups is 1. The summed E-state index contributed by atoms with van der Waals surface area (Å²) in [5, 5.41) is 2.46. The molecule has 0 atom stereocenters. The van der Waals surface area contributed by atoms with E-state index in [1.807, 2.05) is 0 Å². The van der Waals surface area contributed by atoms with Crippen molar-refractivity contribution in [3.63, 3.8) is 0 Å². The predicted octanol–water partition coefficient (Wildman–Crippen LogP) is 2.90. The lowest BCUT2D eigenvalue weighted by molar-refractivity contribution is -0.118. The number of rotatable bonds is 4. The van der Waals surface area contributed by atoms with Gasteiger partial charge in [0.25, 0.3) is 5.91 Å².